The van der Waals surface area contributed by atoms with Gasteiger partial charge in [0.25, 0.3) is 11.6 Å². The summed E-state index contributed by atoms with van der Waals surface area (Å²) in [5, 5.41) is 13.9. The average molecular weight is 360 g/mol. The minimum absolute atomic E-state index is 0.0208. The number of amides is 2. The number of nitro groups is 1. The van der Waals surface area contributed by atoms with E-state index in [-0.39, 0.29) is 23.5 Å². The number of carbonyl (C=O) groups excluding carboxylic acids is 2. The van der Waals surface area contributed by atoms with E-state index in [0.29, 0.717) is 36.6 Å². The van der Waals surface area contributed by atoms with E-state index in [0.717, 1.165) is 19.3 Å². The number of carbonyl (C=O) groups is 2. The lowest BCUT2D eigenvalue weighted by Gasteiger charge is -2.26. The van der Waals surface area contributed by atoms with Crippen molar-refractivity contribution in [3.8, 4) is 0 Å². The molecule has 8 heteroatoms. The predicted octanol–water partition coefficient (Wildman–Crippen LogP) is 1.36. The van der Waals surface area contributed by atoms with Crippen LogP contribution >= 0.6 is 0 Å². The second-order valence-corrected chi connectivity index (χ2v) is 7.10. The Kier molecular flexibility index (Phi) is 5.22. The largest absolute Gasteiger partial charge is 0.350 e. The average Bonchev–Trinajstić information content (AvgIpc) is 3.34. The van der Waals surface area contributed by atoms with Crippen molar-refractivity contribution in [2.24, 2.45) is 11.7 Å². The molecule has 3 N–H and O–H groups in total. The zero-order valence-electron chi connectivity index (χ0n) is 14.8. The molecule has 8 nitrogen and oxygen atoms in total. The van der Waals surface area contributed by atoms with E-state index in [1.54, 1.807) is 11.8 Å². The number of rotatable bonds is 6. The number of nitro benzene ring substituents is 1. The summed E-state index contributed by atoms with van der Waals surface area (Å²) in [5.41, 5.74) is 6.53. The van der Waals surface area contributed by atoms with Crippen LogP contribution in [0.1, 0.15) is 41.6 Å². The Morgan fingerprint density at radius 2 is 2.12 bits per heavy atom. The quantitative estimate of drug-likeness (QED) is 0.586. The Balaban J connectivity index is 1.72. The molecule has 0 spiro atoms. The Morgan fingerprint density at radius 3 is 2.69 bits per heavy atom. The highest BCUT2D eigenvalue weighted by Gasteiger charge is 2.38. The summed E-state index contributed by atoms with van der Waals surface area (Å²) < 4.78 is 0. The summed E-state index contributed by atoms with van der Waals surface area (Å²) in [5.74, 6) is 0.0278. The number of nitrogens with one attached hydrogen (secondary N) is 1. The number of likely N-dealkylation sites (tertiary alicyclic amines) is 1. The van der Waals surface area contributed by atoms with Crippen LogP contribution in [-0.4, -0.2) is 46.8 Å². The molecule has 2 atom stereocenters. The lowest BCUT2D eigenvalue weighted by atomic mass is 10.1. The highest BCUT2D eigenvalue weighted by Crippen LogP contribution is 2.32. The molecule has 1 aromatic carbocycles. The van der Waals surface area contributed by atoms with Crippen molar-refractivity contribution in [2.45, 2.75) is 44.7 Å². The van der Waals surface area contributed by atoms with Crippen molar-refractivity contribution in [3.63, 3.8) is 0 Å². The summed E-state index contributed by atoms with van der Waals surface area (Å²) in [7, 11) is 0. The van der Waals surface area contributed by atoms with E-state index in [2.05, 4.69) is 5.32 Å². The minimum Gasteiger partial charge on any atom is -0.350 e. The van der Waals surface area contributed by atoms with Gasteiger partial charge in [0.15, 0.2) is 0 Å². The zero-order chi connectivity index (χ0) is 18.8. The van der Waals surface area contributed by atoms with Gasteiger partial charge in [0.2, 0.25) is 5.91 Å². The van der Waals surface area contributed by atoms with Crippen LogP contribution < -0.4 is 11.1 Å². The van der Waals surface area contributed by atoms with Crippen LogP contribution in [0.3, 0.4) is 0 Å². The Bertz CT molecular complexity index is 732. The van der Waals surface area contributed by atoms with E-state index in [1.165, 1.54) is 18.2 Å². The predicted molar refractivity (Wildman–Crippen MR) is 95.6 cm³/mol. The molecule has 1 saturated carbocycles. The van der Waals surface area contributed by atoms with E-state index < -0.39 is 11.0 Å². The number of aryl methyl sites for hydroxylation is 1. The van der Waals surface area contributed by atoms with Crippen LogP contribution in [0.25, 0.3) is 0 Å². The number of hydrogen-bond donors (Lipinski definition) is 2. The molecule has 1 aliphatic carbocycles. The second kappa shape index (κ2) is 7.41. The van der Waals surface area contributed by atoms with Gasteiger partial charge in [-0.15, -0.1) is 0 Å². The molecule has 3 rings (SSSR count). The smallest absolute Gasteiger partial charge is 0.272 e. The van der Waals surface area contributed by atoms with Gasteiger partial charge in [-0.2, -0.15) is 0 Å². The number of hydrogen-bond acceptors (Lipinski definition) is 5. The zero-order valence-corrected chi connectivity index (χ0v) is 14.8. The van der Waals surface area contributed by atoms with Crippen LogP contribution in [0.5, 0.6) is 0 Å². The number of nitrogens with two attached hydrogens (primary N) is 1. The van der Waals surface area contributed by atoms with Crippen molar-refractivity contribution < 1.29 is 14.5 Å². The fourth-order valence-electron chi connectivity index (χ4n) is 3.59. The molecule has 2 aliphatic rings. The van der Waals surface area contributed by atoms with Crippen molar-refractivity contribution >= 4 is 17.5 Å². The molecular weight excluding hydrogens is 336 g/mol. The van der Waals surface area contributed by atoms with Gasteiger partial charge in [-0.05, 0) is 50.7 Å². The normalized spacial score (nSPS) is 20.7. The summed E-state index contributed by atoms with van der Waals surface area (Å²) >= 11 is 0. The van der Waals surface area contributed by atoms with E-state index >= 15 is 0 Å². The summed E-state index contributed by atoms with van der Waals surface area (Å²) in [6.07, 6.45) is 3.53. The molecule has 26 heavy (non-hydrogen) atoms. The summed E-state index contributed by atoms with van der Waals surface area (Å²) in [6.45, 7) is 2.51. The lowest BCUT2D eigenvalue weighted by molar-refractivity contribution is -0.385. The van der Waals surface area contributed by atoms with E-state index in [9.17, 15) is 19.7 Å². The van der Waals surface area contributed by atoms with Gasteiger partial charge >= 0.3 is 0 Å². The maximum Gasteiger partial charge on any atom is 0.272 e. The van der Waals surface area contributed by atoms with E-state index in [1.807, 2.05) is 0 Å². The van der Waals surface area contributed by atoms with Crippen LogP contribution in [0.4, 0.5) is 5.69 Å². The van der Waals surface area contributed by atoms with Gasteiger partial charge in [-0.1, -0.05) is 0 Å². The van der Waals surface area contributed by atoms with Crippen molar-refractivity contribution in [1.82, 2.24) is 10.2 Å². The highest BCUT2D eigenvalue weighted by atomic mass is 16.6. The van der Waals surface area contributed by atoms with Gasteiger partial charge < -0.3 is 16.0 Å². The Morgan fingerprint density at radius 1 is 1.38 bits per heavy atom. The number of nitrogens with zero attached hydrogens (tertiary/aromatic N) is 2. The molecule has 2 amide bonds. The third kappa shape index (κ3) is 3.70. The molecule has 2 unspecified atom stereocenters. The Labute approximate surface area is 151 Å². The first-order valence-corrected chi connectivity index (χ1v) is 8.98. The molecule has 2 fully saturated rings. The highest BCUT2D eigenvalue weighted by molar-refractivity contribution is 5.98. The van der Waals surface area contributed by atoms with Gasteiger partial charge in [-0.25, -0.2) is 0 Å². The molecular formula is C18H24N4O4. The van der Waals surface area contributed by atoms with Crippen molar-refractivity contribution in [3.05, 3.63) is 39.4 Å². The third-order valence-corrected chi connectivity index (χ3v) is 5.23. The maximum atomic E-state index is 12.8. The first kappa shape index (κ1) is 18.3. The van der Waals surface area contributed by atoms with Gasteiger partial charge in [0, 0.05) is 36.3 Å². The van der Waals surface area contributed by atoms with Crippen LogP contribution in [-0.2, 0) is 4.79 Å². The molecule has 1 saturated heterocycles. The number of benzene rings is 1. The summed E-state index contributed by atoms with van der Waals surface area (Å²) in [4.78, 5) is 37.5. The molecule has 1 aromatic rings. The lowest BCUT2D eigenvalue weighted by Crippen LogP contribution is -2.51. The summed E-state index contributed by atoms with van der Waals surface area (Å²) in [6, 6.07) is 3.77. The maximum absolute atomic E-state index is 12.8. The monoisotopic (exact) mass is 360 g/mol. The van der Waals surface area contributed by atoms with E-state index in [4.69, 9.17) is 5.73 Å². The molecule has 1 aliphatic heterocycles. The third-order valence-electron chi connectivity index (χ3n) is 5.23. The standard InChI is InChI=1S/C18H24N4O4/c1-11-9-13(6-7-15(11)22(25)26)18(24)21-8-2-3-16(21)17(23)20-14(10-19)12-4-5-12/h6-7,9,12,14,16H,2-5,8,10,19H2,1H3,(H,20,23). The first-order chi connectivity index (χ1) is 12.4. The topological polar surface area (TPSA) is 119 Å². The Hall–Kier alpha value is -2.48. The van der Waals surface area contributed by atoms with Crippen molar-refractivity contribution in [1.29, 1.82) is 0 Å². The molecule has 0 aromatic heterocycles. The molecule has 0 radical (unpaired) electrons. The van der Waals surface area contributed by atoms with Gasteiger partial charge in [0.1, 0.15) is 6.04 Å². The van der Waals surface area contributed by atoms with Crippen LogP contribution in [0.15, 0.2) is 18.2 Å². The first-order valence-electron chi connectivity index (χ1n) is 8.98. The SMILES string of the molecule is Cc1cc(C(=O)N2CCCC2C(=O)NC(CN)C2CC2)ccc1[N+](=O)[O-]. The molecule has 1 heterocycles. The minimum atomic E-state index is -0.509. The van der Waals surface area contributed by atoms with Crippen LogP contribution in [0, 0.1) is 23.0 Å². The molecule has 0 bridgehead atoms. The van der Waals surface area contributed by atoms with Crippen molar-refractivity contribution in [2.75, 3.05) is 13.1 Å². The fourth-order valence-corrected chi connectivity index (χ4v) is 3.59. The fraction of sp³-hybridized carbons (Fsp3) is 0.556. The van der Waals surface area contributed by atoms with Gasteiger partial charge in [0.05, 0.1) is 4.92 Å². The second-order valence-electron chi connectivity index (χ2n) is 7.10. The van der Waals surface area contributed by atoms with Crippen LogP contribution in [0.2, 0.25) is 0 Å². The molecule has 140 valence electrons. The van der Waals surface area contributed by atoms with Gasteiger partial charge in [-0.3, -0.25) is 19.7 Å².